The van der Waals surface area contributed by atoms with Crippen molar-refractivity contribution in [2.45, 2.75) is 44.7 Å². The van der Waals surface area contributed by atoms with Crippen LogP contribution in [-0.2, 0) is 0 Å². The third kappa shape index (κ3) is 3.28. The van der Waals surface area contributed by atoms with E-state index in [1.807, 2.05) is 0 Å². The van der Waals surface area contributed by atoms with Crippen molar-refractivity contribution in [1.29, 1.82) is 0 Å². The molecule has 1 aromatic rings. The van der Waals surface area contributed by atoms with Gasteiger partial charge in [0.2, 0.25) is 0 Å². The number of hydrogen-bond acceptors (Lipinski definition) is 3. The molecule has 0 saturated heterocycles. The van der Waals surface area contributed by atoms with Gasteiger partial charge in [0.05, 0.1) is 7.11 Å². The molecule has 3 N–H and O–H groups in total. The van der Waals surface area contributed by atoms with Crippen molar-refractivity contribution in [3.63, 3.8) is 0 Å². The fourth-order valence-corrected chi connectivity index (χ4v) is 3.25. The molecular formula is C16H26N2O. The molecule has 0 aromatic heterocycles. The van der Waals surface area contributed by atoms with Crippen LogP contribution in [0, 0.1) is 12.8 Å². The quantitative estimate of drug-likeness (QED) is 0.877. The number of aryl methyl sites for hydroxylation is 1. The SMILES string of the molecule is CNC(c1ccc(OC)c(C)c1)C1CCC(N)CC1. The summed E-state index contributed by atoms with van der Waals surface area (Å²) in [6.45, 7) is 2.10. The second-order valence-corrected chi connectivity index (χ2v) is 5.67. The van der Waals surface area contributed by atoms with Crippen molar-refractivity contribution in [2.24, 2.45) is 11.7 Å². The van der Waals surface area contributed by atoms with Crippen LogP contribution in [0.4, 0.5) is 0 Å². The van der Waals surface area contributed by atoms with Crippen LogP contribution in [0.15, 0.2) is 18.2 Å². The summed E-state index contributed by atoms with van der Waals surface area (Å²) in [5.74, 6) is 1.65. The van der Waals surface area contributed by atoms with E-state index in [2.05, 4.69) is 37.5 Å². The molecule has 2 rings (SSSR count). The van der Waals surface area contributed by atoms with Crippen LogP contribution >= 0.6 is 0 Å². The summed E-state index contributed by atoms with van der Waals surface area (Å²) in [6.07, 6.45) is 4.74. The Balaban J connectivity index is 2.15. The normalized spacial score (nSPS) is 25.1. The Morgan fingerprint density at radius 3 is 2.47 bits per heavy atom. The lowest BCUT2D eigenvalue weighted by Gasteiger charge is -2.33. The van der Waals surface area contributed by atoms with E-state index in [0.29, 0.717) is 18.0 Å². The van der Waals surface area contributed by atoms with E-state index in [4.69, 9.17) is 10.5 Å². The Bertz CT molecular complexity index is 411. The van der Waals surface area contributed by atoms with Crippen molar-refractivity contribution in [2.75, 3.05) is 14.2 Å². The number of rotatable bonds is 4. The monoisotopic (exact) mass is 262 g/mol. The van der Waals surface area contributed by atoms with Gasteiger partial charge in [0, 0.05) is 12.1 Å². The van der Waals surface area contributed by atoms with E-state index in [9.17, 15) is 0 Å². The Morgan fingerprint density at radius 1 is 1.26 bits per heavy atom. The average molecular weight is 262 g/mol. The van der Waals surface area contributed by atoms with E-state index in [1.54, 1.807) is 7.11 Å². The van der Waals surface area contributed by atoms with Gasteiger partial charge in [-0.2, -0.15) is 0 Å². The third-order valence-corrected chi connectivity index (χ3v) is 4.38. The van der Waals surface area contributed by atoms with Crippen LogP contribution in [-0.4, -0.2) is 20.2 Å². The zero-order valence-corrected chi connectivity index (χ0v) is 12.3. The van der Waals surface area contributed by atoms with Gasteiger partial charge in [0.25, 0.3) is 0 Å². The van der Waals surface area contributed by atoms with Crippen molar-refractivity contribution < 1.29 is 4.74 Å². The molecule has 0 heterocycles. The van der Waals surface area contributed by atoms with Crippen molar-refractivity contribution in [1.82, 2.24) is 5.32 Å². The number of methoxy groups -OCH3 is 1. The van der Waals surface area contributed by atoms with E-state index in [1.165, 1.54) is 24.0 Å². The number of hydrogen-bond donors (Lipinski definition) is 2. The van der Waals surface area contributed by atoms with Gasteiger partial charge in [-0.1, -0.05) is 12.1 Å². The van der Waals surface area contributed by atoms with Crippen molar-refractivity contribution in [3.8, 4) is 5.75 Å². The molecule has 1 fully saturated rings. The van der Waals surface area contributed by atoms with Gasteiger partial charge in [0.1, 0.15) is 5.75 Å². The van der Waals surface area contributed by atoms with Crippen LogP contribution in [0.5, 0.6) is 5.75 Å². The van der Waals surface area contributed by atoms with Gasteiger partial charge in [-0.3, -0.25) is 0 Å². The molecule has 3 heteroatoms. The molecule has 0 aliphatic heterocycles. The lowest BCUT2D eigenvalue weighted by Crippen LogP contribution is -2.33. The van der Waals surface area contributed by atoms with Gasteiger partial charge in [0.15, 0.2) is 0 Å². The first-order valence-electron chi connectivity index (χ1n) is 7.23. The summed E-state index contributed by atoms with van der Waals surface area (Å²) in [6, 6.07) is 7.34. The minimum absolute atomic E-state index is 0.409. The molecule has 0 radical (unpaired) electrons. The number of nitrogens with one attached hydrogen (secondary N) is 1. The molecule has 1 unspecified atom stereocenters. The minimum atomic E-state index is 0.409. The maximum absolute atomic E-state index is 6.00. The highest BCUT2D eigenvalue weighted by molar-refractivity contribution is 5.37. The second kappa shape index (κ2) is 6.40. The Labute approximate surface area is 116 Å². The molecule has 0 bridgehead atoms. The molecule has 1 aromatic carbocycles. The maximum Gasteiger partial charge on any atom is 0.121 e. The van der Waals surface area contributed by atoms with Crippen LogP contribution in [0.2, 0.25) is 0 Å². The first-order valence-corrected chi connectivity index (χ1v) is 7.23. The number of benzene rings is 1. The summed E-state index contributed by atoms with van der Waals surface area (Å²) in [4.78, 5) is 0. The van der Waals surface area contributed by atoms with Gasteiger partial charge >= 0.3 is 0 Å². The van der Waals surface area contributed by atoms with Crippen LogP contribution < -0.4 is 15.8 Å². The van der Waals surface area contributed by atoms with Gasteiger partial charge in [-0.05, 0) is 62.8 Å². The molecule has 19 heavy (non-hydrogen) atoms. The van der Waals surface area contributed by atoms with Crippen LogP contribution in [0.1, 0.15) is 42.9 Å². The maximum atomic E-state index is 6.00. The fourth-order valence-electron chi connectivity index (χ4n) is 3.25. The van der Waals surface area contributed by atoms with Crippen molar-refractivity contribution >= 4 is 0 Å². The molecular weight excluding hydrogens is 236 g/mol. The van der Waals surface area contributed by atoms with Gasteiger partial charge in [-0.25, -0.2) is 0 Å². The van der Waals surface area contributed by atoms with Crippen molar-refractivity contribution in [3.05, 3.63) is 29.3 Å². The molecule has 0 amide bonds. The molecule has 3 nitrogen and oxygen atoms in total. The summed E-state index contributed by atoms with van der Waals surface area (Å²) in [5, 5.41) is 3.49. The zero-order valence-electron chi connectivity index (χ0n) is 12.3. The fraction of sp³-hybridized carbons (Fsp3) is 0.625. The number of nitrogens with two attached hydrogens (primary N) is 1. The number of ether oxygens (including phenoxy) is 1. The summed E-state index contributed by atoms with van der Waals surface area (Å²) in [5.41, 5.74) is 8.57. The highest BCUT2D eigenvalue weighted by Gasteiger charge is 2.26. The lowest BCUT2D eigenvalue weighted by molar-refractivity contribution is 0.262. The van der Waals surface area contributed by atoms with Crippen LogP contribution in [0.25, 0.3) is 0 Å². The summed E-state index contributed by atoms with van der Waals surface area (Å²) < 4.78 is 5.34. The molecule has 1 saturated carbocycles. The van der Waals surface area contributed by atoms with Gasteiger partial charge < -0.3 is 15.8 Å². The molecule has 1 atom stereocenters. The summed E-state index contributed by atoms with van der Waals surface area (Å²) in [7, 11) is 3.78. The first-order chi connectivity index (χ1) is 9.15. The van der Waals surface area contributed by atoms with E-state index in [-0.39, 0.29) is 0 Å². The molecule has 1 aliphatic carbocycles. The highest BCUT2D eigenvalue weighted by atomic mass is 16.5. The topological polar surface area (TPSA) is 47.3 Å². The first kappa shape index (κ1) is 14.4. The van der Waals surface area contributed by atoms with Crippen LogP contribution in [0.3, 0.4) is 0 Å². The standard InChI is InChI=1S/C16H26N2O/c1-11-10-13(6-9-15(11)19-3)16(18-2)12-4-7-14(17)8-5-12/h6,9-10,12,14,16,18H,4-5,7-8,17H2,1-3H3. The Morgan fingerprint density at radius 2 is 1.95 bits per heavy atom. The third-order valence-electron chi connectivity index (χ3n) is 4.38. The highest BCUT2D eigenvalue weighted by Crippen LogP contribution is 2.35. The smallest absolute Gasteiger partial charge is 0.121 e. The van der Waals surface area contributed by atoms with E-state index in [0.717, 1.165) is 18.6 Å². The Hall–Kier alpha value is -1.06. The largest absolute Gasteiger partial charge is 0.496 e. The van der Waals surface area contributed by atoms with E-state index < -0.39 is 0 Å². The van der Waals surface area contributed by atoms with Gasteiger partial charge in [-0.15, -0.1) is 0 Å². The average Bonchev–Trinajstić information content (AvgIpc) is 2.42. The van der Waals surface area contributed by atoms with E-state index >= 15 is 0 Å². The molecule has 1 aliphatic rings. The zero-order chi connectivity index (χ0) is 13.8. The molecule has 0 spiro atoms. The predicted molar refractivity (Wildman–Crippen MR) is 79.5 cm³/mol. The lowest BCUT2D eigenvalue weighted by atomic mass is 9.79. The molecule has 106 valence electrons. The second-order valence-electron chi connectivity index (χ2n) is 5.67. The summed E-state index contributed by atoms with van der Waals surface area (Å²) >= 11 is 0. The Kier molecular flexibility index (Phi) is 4.83. The predicted octanol–water partition coefficient (Wildman–Crippen LogP) is 2.78. The minimum Gasteiger partial charge on any atom is -0.496 e.